The van der Waals surface area contributed by atoms with Gasteiger partial charge in [-0.3, -0.25) is 9.59 Å². The molecule has 2 aliphatic rings. The quantitative estimate of drug-likeness (QED) is 0.212. The van der Waals surface area contributed by atoms with E-state index >= 15 is 0 Å². The summed E-state index contributed by atoms with van der Waals surface area (Å²) in [5, 5.41) is 11.3. The SMILES string of the molecule is COc1cc(C2/C(=C(\O)c3ccc(Br)cc3)C(=O)C(=O)N2CC2CCCO2)ccc1OCc1ccccc1. The predicted molar refractivity (Wildman–Crippen MR) is 146 cm³/mol. The number of halogens is 1. The van der Waals surface area contributed by atoms with Crippen LogP contribution in [-0.2, 0) is 20.9 Å². The zero-order chi connectivity index (χ0) is 26.6. The Morgan fingerprint density at radius 2 is 1.82 bits per heavy atom. The van der Waals surface area contributed by atoms with Crippen LogP contribution in [0, 0.1) is 0 Å². The number of aliphatic hydroxyl groups is 1. The molecule has 7 nitrogen and oxygen atoms in total. The summed E-state index contributed by atoms with van der Waals surface area (Å²) in [4.78, 5) is 28.1. The second kappa shape index (κ2) is 11.4. The third kappa shape index (κ3) is 5.33. The third-order valence-electron chi connectivity index (χ3n) is 6.82. The zero-order valence-electron chi connectivity index (χ0n) is 20.9. The van der Waals surface area contributed by atoms with Crippen LogP contribution in [0.1, 0.15) is 35.6 Å². The topological polar surface area (TPSA) is 85.3 Å². The van der Waals surface area contributed by atoms with Crippen LogP contribution >= 0.6 is 15.9 Å². The Morgan fingerprint density at radius 1 is 1.05 bits per heavy atom. The van der Waals surface area contributed by atoms with E-state index in [2.05, 4.69) is 15.9 Å². The van der Waals surface area contributed by atoms with Gasteiger partial charge in [-0.15, -0.1) is 0 Å². The lowest BCUT2D eigenvalue weighted by Gasteiger charge is -2.28. The number of carbonyl (C=O) groups is 2. The Balaban J connectivity index is 1.54. The van der Waals surface area contributed by atoms with Gasteiger partial charge in [-0.1, -0.05) is 64.5 Å². The van der Waals surface area contributed by atoms with Gasteiger partial charge in [-0.2, -0.15) is 0 Å². The summed E-state index contributed by atoms with van der Waals surface area (Å²) in [6.07, 6.45) is 1.54. The minimum atomic E-state index is -0.806. The molecule has 8 heteroatoms. The van der Waals surface area contributed by atoms with Crippen LogP contribution in [0.25, 0.3) is 5.76 Å². The number of rotatable bonds is 8. The minimum Gasteiger partial charge on any atom is -0.507 e. The van der Waals surface area contributed by atoms with E-state index in [4.69, 9.17) is 14.2 Å². The maximum atomic E-state index is 13.3. The monoisotopic (exact) mass is 577 g/mol. The molecule has 1 amide bonds. The number of amides is 1. The maximum absolute atomic E-state index is 13.3. The maximum Gasteiger partial charge on any atom is 0.295 e. The number of benzene rings is 3. The number of carbonyl (C=O) groups excluding carboxylic acids is 2. The number of aliphatic hydroxyl groups excluding tert-OH is 1. The molecule has 2 fully saturated rings. The highest BCUT2D eigenvalue weighted by Gasteiger charge is 2.47. The standard InChI is InChI=1S/C30H28BrNO6/c1-36-25-16-21(11-14-24(25)38-18-19-6-3-2-4-7-19)27-26(28(33)20-9-12-22(31)13-10-20)29(34)30(35)32(27)17-23-8-5-15-37-23/h2-4,6-7,9-14,16,23,27,33H,5,8,15,17-18H2,1H3/b28-26+. The minimum absolute atomic E-state index is 0.0373. The lowest BCUT2D eigenvalue weighted by Crippen LogP contribution is -2.36. The number of likely N-dealkylation sites (tertiary alicyclic amines) is 1. The van der Waals surface area contributed by atoms with E-state index in [-0.39, 0.29) is 24.0 Å². The lowest BCUT2D eigenvalue weighted by atomic mass is 9.95. The first kappa shape index (κ1) is 26.0. The van der Waals surface area contributed by atoms with Crippen LogP contribution < -0.4 is 9.47 Å². The Hall–Kier alpha value is -3.62. The normalized spacial score (nSPS) is 20.6. The summed E-state index contributed by atoms with van der Waals surface area (Å²) in [5.74, 6) is -0.614. The summed E-state index contributed by atoms with van der Waals surface area (Å²) in [6.45, 7) is 1.23. The molecule has 0 spiro atoms. The predicted octanol–water partition coefficient (Wildman–Crippen LogP) is 5.64. The fourth-order valence-corrected chi connectivity index (χ4v) is 5.16. The van der Waals surface area contributed by atoms with Crippen LogP contribution in [0.4, 0.5) is 0 Å². The van der Waals surface area contributed by atoms with Gasteiger partial charge in [0.25, 0.3) is 11.7 Å². The van der Waals surface area contributed by atoms with Crippen molar-refractivity contribution in [2.75, 3.05) is 20.3 Å². The van der Waals surface area contributed by atoms with E-state index in [1.54, 1.807) is 49.6 Å². The van der Waals surface area contributed by atoms with Gasteiger partial charge >= 0.3 is 0 Å². The second-order valence-corrected chi connectivity index (χ2v) is 10.2. The van der Waals surface area contributed by atoms with Crippen molar-refractivity contribution in [1.29, 1.82) is 0 Å². The molecule has 2 aliphatic heterocycles. The van der Waals surface area contributed by atoms with Gasteiger partial charge in [0.05, 0.1) is 24.8 Å². The number of ether oxygens (including phenoxy) is 3. The number of methoxy groups -OCH3 is 1. The molecule has 5 rings (SSSR count). The smallest absolute Gasteiger partial charge is 0.295 e. The van der Waals surface area contributed by atoms with Crippen molar-refractivity contribution in [2.24, 2.45) is 0 Å². The summed E-state index contributed by atoms with van der Waals surface area (Å²) in [6, 6.07) is 21.2. The van der Waals surface area contributed by atoms with Gasteiger partial charge in [0.15, 0.2) is 11.5 Å². The second-order valence-electron chi connectivity index (χ2n) is 9.28. The molecule has 196 valence electrons. The molecule has 38 heavy (non-hydrogen) atoms. The molecule has 2 atom stereocenters. The molecule has 2 saturated heterocycles. The number of Topliss-reactive ketones (excluding diaryl/α,β-unsaturated/α-hetero) is 1. The molecule has 0 aromatic heterocycles. The van der Waals surface area contributed by atoms with E-state index in [1.807, 2.05) is 30.3 Å². The average molecular weight is 578 g/mol. The van der Waals surface area contributed by atoms with Crippen LogP contribution in [-0.4, -0.2) is 48.1 Å². The highest BCUT2D eigenvalue weighted by Crippen LogP contribution is 2.42. The van der Waals surface area contributed by atoms with Crippen LogP contribution in [0.3, 0.4) is 0 Å². The van der Waals surface area contributed by atoms with Crippen molar-refractivity contribution in [2.45, 2.75) is 31.6 Å². The number of hydrogen-bond donors (Lipinski definition) is 1. The first-order valence-corrected chi connectivity index (χ1v) is 13.3. The van der Waals surface area contributed by atoms with Crippen molar-refractivity contribution in [3.63, 3.8) is 0 Å². The Kier molecular flexibility index (Phi) is 7.81. The van der Waals surface area contributed by atoms with E-state index < -0.39 is 17.7 Å². The van der Waals surface area contributed by atoms with Crippen molar-refractivity contribution < 1.29 is 28.9 Å². The molecular formula is C30H28BrNO6. The van der Waals surface area contributed by atoms with E-state index in [0.29, 0.717) is 35.8 Å². The number of hydrogen-bond acceptors (Lipinski definition) is 6. The summed E-state index contributed by atoms with van der Waals surface area (Å²) < 4.78 is 18.2. The molecule has 3 aromatic carbocycles. The van der Waals surface area contributed by atoms with Gasteiger partial charge in [0, 0.05) is 23.2 Å². The van der Waals surface area contributed by atoms with Gasteiger partial charge in [-0.25, -0.2) is 0 Å². The fourth-order valence-electron chi connectivity index (χ4n) is 4.89. The Labute approximate surface area is 229 Å². The largest absolute Gasteiger partial charge is 0.507 e. The summed E-state index contributed by atoms with van der Waals surface area (Å²) in [5.41, 5.74) is 2.13. The Morgan fingerprint density at radius 3 is 2.50 bits per heavy atom. The van der Waals surface area contributed by atoms with Gasteiger partial charge in [0.1, 0.15) is 12.4 Å². The van der Waals surface area contributed by atoms with Crippen LogP contribution in [0.5, 0.6) is 11.5 Å². The highest BCUT2D eigenvalue weighted by molar-refractivity contribution is 9.10. The van der Waals surface area contributed by atoms with Crippen molar-refractivity contribution in [3.05, 3.63) is 99.5 Å². The van der Waals surface area contributed by atoms with Crippen molar-refractivity contribution in [3.8, 4) is 11.5 Å². The molecule has 0 radical (unpaired) electrons. The number of nitrogens with zero attached hydrogens (tertiary/aromatic N) is 1. The fraction of sp³-hybridized carbons (Fsp3) is 0.267. The molecule has 2 heterocycles. The molecule has 0 saturated carbocycles. The highest BCUT2D eigenvalue weighted by atomic mass is 79.9. The number of ketones is 1. The van der Waals surface area contributed by atoms with Crippen LogP contribution in [0.2, 0.25) is 0 Å². The molecule has 0 aliphatic carbocycles. The molecule has 3 aromatic rings. The van der Waals surface area contributed by atoms with Gasteiger partial charge < -0.3 is 24.2 Å². The van der Waals surface area contributed by atoms with Gasteiger partial charge in [-0.05, 0) is 48.2 Å². The molecule has 1 N–H and O–H groups in total. The van der Waals surface area contributed by atoms with Crippen molar-refractivity contribution >= 4 is 33.4 Å². The summed E-state index contributed by atoms with van der Waals surface area (Å²) in [7, 11) is 1.54. The Bertz CT molecular complexity index is 1350. The van der Waals surface area contributed by atoms with E-state index in [9.17, 15) is 14.7 Å². The lowest BCUT2D eigenvalue weighted by molar-refractivity contribution is -0.140. The summed E-state index contributed by atoms with van der Waals surface area (Å²) >= 11 is 3.39. The third-order valence-corrected chi connectivity index (χ3v) is 7.35. The van der Waals surface area contributed by atoms with E-state index in [0.717, 1.165) is 22.9 Å². The molecular weight excluding hydrogens is 550 g/mol. The van der Waals surface area contributed by atoms with Crippen molar-refractivity contribution in [1.82, 2.24) is 4.90 Å². The first-order valence-electron chi connectivity index (χ1n) is 12.5. The first-order chi connectivity index (χ1) is 18.5. The zero-order valence-corrected chi connectivity index (χ0v) is 22.5. The van der Waals surface area contributed by atoms with E-state index in [1.165, 1.54) is 4.90 Å². The van der Waals surface area contributed by atoms with Gasteiger partial charge in [0.2, 0.25) is 0 Å². The van der Waals surface area contributed by atoms with Crippen LogP contribution in [0.15, 0.2) is 82.8 Å². The average Bonchev–Trinajstić information content (AvgIpc) is 3.55. The molecule has 2 unspecified atom stereocenters. The molecule has 0 bridgehead atoms.